The Kier molecular flexibility index (Phi) is 3.80. The van der Waals surface area contributed by atoms with Gasteiger partial charge in [0.1, 0.15) is 5.82 Å². The number of halogens is 5. The Bertz CT molecular complexity index is 590. The van der Waals surface area contributed by atoms with Crippen LogP contribution in [-0.2, 0) is 12.1 Å². The van der Waals surface area contributed by atoms with Crippen molar-refractivity contribution in [2.24, 2.45) is 0 Å². The number of hydrogen-bond acceptors (Lipinski definition) is 0. The smallest absolute Gasteiger partial charge is 0.207 e. The summed E-state index contributed by atoms with van der Waals surface area (Å²) in [5.74, 6) is -0.793. The molecule has 0 bridgehead atoms. The van der Waals surface area contributed by atoms with Crippen LogP contribution in [0.3, 0.4) is 0 Å². The van der Waals surface area contributed by atoms with E-state index in [9.17, 15) is 17.6 Å². The van der Waals surface area contributed by atoms with Gasteiger partial charge in [-0.3, -0.25) is 0 Å². The molecule has 100 valence electrons. The van der Waals surface area contributed by atoms with Crippen molar-refractivity contribution in [1.82, 2.24) is 0 Å². The summed E-state index contributed by atoms with van der Waals surface area (Å²) < 4.78 is 52.4. The molecule has 0 aromatic heterocycles. The Labute approximate surface area is 112 Å². The molecular formula is C14H9ClF4. The second kappa shape index (κ2) is 5.21. The summed E-state index contributed by atoms with van der Waals surface area (Å²) in [5.41, 5.74) is -0.624. The Morgan fingerprint density at radius 1 is 0.895 bits per heavy atom. The van der Waals surface area contributed by atoms with Crippen LogP contribution in [0.25, 0.3) is 11.1 Å². The van der Waals surface area contributed by atoms with Crippen molar-refractivity contribution in [3.8, 4) is 11.1 Å². The maximum atomic E-state index is 13.6. The van der Waals surface area contributed by atoms with Gasteiger partial charge < -0.3 is 0 Å². The fourth-order valence-corrected chi connectivity index (χ4v) is 2.18. The van der Waals surface area contributed by atoms with Crippen LogP contribution in [0.5, 0.6) is 0 Å². The van der Waals surface area contributed by atoms with Crippen LogP contribution in [0.4, 0.5) is 17.6 Å². The lowest BCUT2D eigenvalue weighted by Gasteiger charge is -2.15. The summed E-state index contributed by atoms with van der Waals surface area (Å²) in [4.78, 5) is 0. The normalized spacial score (nSPS) is 11.6. The zero-order valence-corrected chi connectivity index (χ0v) is 10.4. The van der Waals surface area contributed by atoms with Crippen LogP contribution < -0.4 is 0 Å². The van der Waals surface area contributed by atoms with E-state index in [0.29, 0.717) is 0 Å². The van der Waals surface area contributed by atoms with E-state index in [2.05, 4.69) is 0 Å². The van der Waals surface area contributed by atoms with E-state index in [-0.39, 0.29) is 22.6 Å². The molecule has 0 nitrogen and oxygen atoms in total. The second-order valence-corrected chi connectivity index (χ2v) is 4.21. The lowest BCUT2D eigenvalue weighted by molar-refractivity contribution is -0.137. The lowest BCUT2D eigenvalue weighted by atomic mass is 9.95. The van der Waals surface area contributed by atoms with Crippen LogP contribution in [0.1, 0.15) is 11.1 Å². The third kappa shape index (κ3) is 2.73. The quantitative estimate of drug-likeness (QED) is 0.523. The molecule has 5 heteroatoms. The van der Waals surface area contributed by atoms with E-state index in [4.69, 9.17) is 11.6 Å². The van der Waals surface area contributed by atoms with Crippen LogP contribution >= 0.6 is 11.6 Å². The molecule has 0 saturated heterocycles. The summed E-state index contributed by atoms with van der Waals surface area (Å²) in [7, 11) is 0. The molecule has 0 fully saturated rings. The zero-order chi connectivity index (χ0) is 14.0. The van der Waals surface area contributed by atoms with Crippen LogP contribution in [0.15, 0.2) is 42.5 Å². The molecule has 2 aromatic rings. The van der Waals surface area contributed by atoms with Crippen molar-refractivity contribution >= 4 is 11.6 Å². The Hall–Kier alpha value is -1.55. The minimum atomic E-state index is -4.49. The van der Waals surface area contributed by atoms with Crippen molar-refractivity contribution < 1.29 is 17.6 Å². The molecule has 0 radical (unpaired) electrons. The average Bonchev–Trinajstić information content (AvgIpc) is 2.37. The Morgan fingerprint density at radius 2 is 1.53 bits per heavy atom. The van der Waals surface area contributed by atoms with Gasteiger partial charge in [-0.25, -0.2) is 4.39 Å². The van der Waals surface area contributed by atoms with Crippen LogP contribution in [0, 0.1) is 5.82 Å². The summed E-state index contributed by atoms with van der Waals surface area (Å²) in [6, 6.07) is 9.04. The molecule has 2 rings (SSSR count). The predicted octanol–water partition coefficient (Wildman–Crippen LogP) is 5.25. The first kappa shape index (κ1) is 13.9. The predicted molar refractivity (Wildman–Crippen MR) is 66.4 cm³/mol. The van der Waals surface area contributed by atoms with Crippen molar-refractivity contribution in [1.29, 1.82) is 0 Å². The molecule has 0 spiro atoms. The van der Waals surface area contributed by atoms with E-state index < -0.39 is 17.6 Å². The van der Waals surface area contributed by atoms with Gasteiger partial charge >= 0.3 is 6.18 Å². The topological polar surface area (TPSA) is 0 Å². The second-order valence-electron chi connectivity index (χ2n) is 3.94. The van der Waals surface area contributed by atoms with Gasteiger partial charge in [0.15, 0.2) is 0 Å². The highest BCUT2D eigenvalue weighted by molar-refractivity contribution is 6.17. The van der Waals surface area contributed by atoms with Gasteiger partial charge in [0, 0.05) is 5.56 Å². The third-order valence-electron chi connectivity index (χ3n) is 2.78. The van der Waals surface area contributed by atoms with E-state index >= 15 is 0 Å². The highest BCUT2D eigenvalue weighted by atomic mass is 35.5. The molecule has 0 unspecified atom stereocenters. The molecule has 0 N–H and O–H groups in total. The molecular weight excluding hydrogens is 280 g/mol. The molecule has 0 saturated carbocycles. The van der Waals surface area contributed by atoms with Gasteiger partial charge in [-0.05, 0) is 23.3 Å². The molecule has 0 aliphatic carbocycles. The third-order valence-corrected chi connectivity index (χ3v) is 3.04. The van der Waals surface area contributed by atoms with Crippen LogP contribution in [-0.4, -0.2) is 0 Å². The molecule has 0 heterocycles. The van der Waals surface area contributed by atoms with E-state index in [0.717, 1.165) is 6.07 Å². The first-order valence-corrected chi connectivity index (χ1v) is 5.98. The highest BCUT2D eigenvalue weighted by Gasteiger charge is 2.33. The number of alkyl halides is 4. The van der Waals surface area contributed by atoms with Crippen molar-refractivity contribution in [2.75, 3.05) is 0 Å². The highest BCUT2D eigenvalue weighted by Crippen LogP contribution is 2.38. The largest absolute Gasteiger partial charge is 0.417 e. The summed E-state index contributed by atoms with van der Waals surface area (Å²) in [6.07, 6.45) is -4.49. The van der Waals surface area contributed by atoms with Crippen molar-refractivity contribution in [3.63, 3.8) is 0 Å². The molecule has 19 heavy (non-hydrogen) atoms. The monoisotopic (exact) mass is 288 g/mol. The summed E-state index contributed by atoms with van der Waals surface area (Å²) >= 11 is 5.63. The maximum absolute atomic E-state index is 13.6. The molecule has 0 atom stereocenters. The van der Waals surface area contributed by atoms with Gasteiger partial charge in [-0.2, -0.15) is 13.2 Å². The van der Waals surface area contributed by atoms with Gasteiger partial charge in [0.25, 0.3) is 0 Å². The van der Waals surface area contributed by atoms with Crippen LogP contribution in [0.2, 0.25) is 0 Å². The maximum Gasteiger partial charge on any atom is 0.417 e. The van der Waals surface area contributed by atoms with Gasteiger partial charge in [-0.1, -0.05) is 30.3 Å². The molecule has 0 aliphatic rings. The molecule has 0 amide bonds. The van der Waals surface area contributed by atoms with Crippen molar-refractivity contribution in [3.05, 3.63) is 59.4 Å². The minimum Gasteiger partial charge on any atom is -0.207 e. The lowest BCUT2D eigenvalue weighted by Crippen LogP contribution is -2.07. The standard InChI is InChI=1S/C14H9ClF4/c15-8-11-9(5-3-7-13(11)16)10-4-1-2-6-12(10)14(17,18)19/h1-7H,8H2. The number of hydrogen-bond donors (Lipinski definition) is 0. The van der Waals surface area contributed by atoms with Gasteiger partial charge in [-0.15, -0.1) is 11.6 Å². The van der Waals surface area contributed by atoms with E-state index in [1.807, 2.05) is 0 Å². The Balaban J connectivity index is 2.70. The number of benzene rings is 2. The average molecular weight is 289 g/mol. The molecule has 2 aromatic carbocycles. The van der Waals surface area contributed by atoms with Gasteiger partial charge in [0.2, 0.25) is 0 Å². The SMILES string of the molecule is Fc1cccc(-c2ccccc2C(F)(F)F)c1CCl. The fourth-order valence-electron chi connectivity index (χ4n) is 1.91. The van der Waals surface area contributed by atoms with E-state index in [1.54, 1.807) is 0 Å². The minimum absolute atomic E-state index is 0.0647. The summed E-state index contributed by atoms with van der Waals surface area (Å²) in [5, 5.41) is 0. The first-order chi connectivity index (χ1) is 8.95. The summed E-state index contributed by atoms with van der Waals surface area (Å²) in [6.45, 7) is 0. The van der Waals surface area contributed by atoms with Crippen molar-refractivity contribution in [2.45, 2.75) is 12.1 Å². The number of rotatable bonds is 2. The van der Waals surface area contributed by atoms with Gasteiger partial charge in [0.05, 0.1) is 11.4 Å². The Morgan fingerprint density at radius 3 is 2.16 bits per heavy atom. The molecule has 0 aliphatic heterocycles. The first-order valence-electron chi connectivity index (χ1n) is 5.45. The van der Waals surface area contributed by atoms with E-state index in [1.165, 1.54) is 36.4 Å². The zero-order valence-electron chi connectivity index (χ0n) is 9.64. The fraction of sp³-hybridized carbons (Fsp3) is 0.143.